The standard InChI is InChI=1S/C12H7BrF3NO/c13-8-4-5-10(9(7-8)12(14,15)16)18-11-3-1-2-6-17-11/h1-7H. The molecule has 0 spiro atoms. The summed E-state index contributed by atoms with van der Waals surface area (Å²) in [6, 6.07) is 8.48. The van der Waals surface area contributed by atoms with Crippen molar-refractivity contribution in [3.05, 3.63) is 52.6 Å². The molecular formula is C12H7BrF3NO. The van der Waals surface area contributed by atoms with Gasteiger partial charge in [0.2, 0.25) is 5.88 Å². The number of ether oxygens (including phenoxy) is 1. The van der Waals surface area contributed by atoms with E-state index in [1.807, 2.05) is 0 Å². The van der Waals surface area contributed by atoms with Gasteiger partial charge >= 0.3 is 6.18 Å². The quantitative estimate of drug-likeness (QED) is 0.804. The third-order valence-corrected chi connectivity index (χ3v) is 2.59. The predicted octanol–water partition coefficient (Wildman–Crippen LogP) is 4.66. The fourth-order valence-corrected chi connectivity index (χ4v) is 1.69. The van der Waals surface area contributed by atoms with Crippen LogP contribution in [0.15, 0.2) is 47.1 Å². The molecular weight excluding hydrogens is 311 g/mol. The van der Waals surface area contributed by atoms with Crippen LogP contribution in [0, 0.1) is 0 Å². The van der Waals surface area contributed by atoms with Crippen molar-refractivity contribution < 1.29 is 17.9 Å². The van der Waals surface area contributed by atoms with Gasteiger partial charge in [-0.25, -0.2) is 4.98 Å². The smallest absolute Gasteiger partial charge is 0.420 e. The van der Waals surface area contributed by atoms with Gasteiger partial charge in [0.25, 0.3) is 0 Å². The van der Waals surface area contributed by atoms with Crippen LogP contribution in [0.2, 0.25) is 0 Å². The Hall–Kier alpha value is -1.56. The highest BCUT2D eigenvalue weighted by atomic mass is 79.9. The first-order valence-corrected chi connectivity index (χ1v) is 5.72. The van der Waals surface area contributed by atoms with Crippen LogP contribution in [0.3, 0.4) is 0 Å². The lowest BCUT2D eigenvalue weighted by atomic mass is 10.2. The van der Waals surface area contributed by atoms with Crippen molar-refractivity contribution in [2.75, 3.05) is 0 Å². The lowest BCUT2D eigenvalue weighted by Crippen LogP contribution is -2.07. The number of halogens is 4. The van der Waals surface area contributed by atoms with Crippen molar-refractivity contribution >= 4 is 15.9 Å². The van der Waals surface area contributed by atoms with E-state index in [9.17, 15) is 13.2 Å². The van der Waals surface area contributed by atoms with Gasteiger partial charge in [-0.15, -0.1) is 0 Å². The van der Waals surface area contributed by atoms with E-state index in [1.54, 1.807) is 12.1 Å². The minimum atomic E-state index is -4.48. The molecule has 0 saturated carbocycles. The largest absolute Gasteiger partial charge is 0.438 e. The average Bonchev–Trinajstić information content (AvgIpc) is 2.31. The molecule has 0 bridgehead atoms. The van der Waals surface area contributed by atoms with Gasteiger partial charge in [0.15, 0.2) is 0 Å². The van der Waals surface area contributed by atoms with Crippen LogP contribution in [0.5, 0.6) is 11.6 Å². The Balaban J connectivity index is 2.39. The molecule has 0 aliphatic heterocycles. The molecule has 0 N–H and O–H groups in total. The molecule has 1 aromatic heterocycles. The number of hydrogen-bond donors (Lipinski definition) is 0. The van der Waals surface area contributed by atoms with Crippen LogP contribution in [0.4, 0.5) is 13.2 Å². The third-order valence-electron chi connectivity index (χ3n) is 2.10. The first kappa shape index (κ1) is 12.9. The van der Waals surface area contributed by atoms with Gasteiger partial charge in [-0.1, -0.05) is 22.0 Å². The van der Waals surface area contributed by atoms with E-state index in [0.717, 1.165) is 6.07 Å². The fraction of sp³-hybridized carbons (Fsp3) is 0.0833. The number of aromatic nitrogens is 1. The summed E-state index contributed by atoms with van der Waals surface area (Å²) in [6.45, 7) is 0. The Labute approximate surface area is 110 Å². The Morgan fingerprint density at radius 1 is 1.11 bits per heavy atom. The molecule has 6 heteroatoms. The molecule has 0 radical (unpaired) electrons. The Morgan fingerprint density at radius 2 is 1.89 bits per heavy atom. The minimum absolute atomic E-state index is 0.116. The second-order valence-electron chi connectivity index (χ2n) is 3.41. The molecule has 0 saturated heterocycles. The lowest BCUT2D eigenvalue weighted by Gasteiger charge is -2.13. The van der Waals surface area contributed by atoms with Crippen molar-refractivity contribution in [1.82, 2.24) is 4.98 Å². The van der Waals surface area contributed by atoms with Gasteiger partial charge in [-0.3, -0.25) is 0 Å². The maximum atomic E-state index is 12.8. The van der Waals surface area contributed by atoms with Gasteiger partial charge < -0.3 is 4.74 Å². The summed E-state index contributed by atoms with van der Waals surface area (Å²) in [5.41, 5.74) is -0.845. The van der Waals surface area contributed by atoms with Gasteiger partial charge in [-0.05, 0) is 24.3 Å². The minimum Gasteiger partial charge on any atom is -0.438 e. The molecule has 0 aliphatic rings. The van der Waals surface area contributed by atoms with Crippen molar-refractivity contribution in [3.63, 3.8) is 0 Å². The maximum absolute atomic E-state index is 12.8. The molecule has 2 aromatic rings. The van der Waals surface area contributed by atoms with Crippen LogP contribution >= 0.6 is 15.9 Å². The van der Waals surface area contributed by atoms with Gasteiger partial charge in [0, 0.05) is 16.7 Å². The van der Waals surface area contributed by atoms with E-state index in [0.29, 0.717) is 4.47 Å². The highest BCUT2D eigenvalue weighted by Crippen LogP contribution is 2.39. The summed E-state index contributed by atoms with van der Waals surface area (Å²) in [5, 5.41) is 0. The summed E-state index contributed by atoms with van der Waals surface area (Å²) < 4.78 is 43.9. The van der Waals surface area contributed by atoms with Crippen LogP contribution in [0.1, 0.15) is 5.56 Å². The van der Waals surface area contributed by atoms with Gasteiger partial charge in [0.05, 0.1) is 5.56 Å². The molecule has 0 atom stereocenters. The SMILES string of the molecule is FC(F)(F)c1cc(Br)ccc1Oc1ccccn1. The summed E-state index contributed by atoms with van der Waals surface area (Å²) >= 11 is 3.00. The topological polar surface area (TPSA) is 22.1 Å². The Bertz CT molecular complexity index is 543. The highest BCUT2D eigenvalue weighted by Gasteiger charge is 2.34. The van der Waals surface area contributed by atoms with Gasteiger partial charge in [0.1, 0.15) is 5.75 Å². The lowest BCUT2D eigenvalue weighted by molar-refractivity contribution is -0.138. The monoisotopic (exact) mass is 317 g/mol. The fourth-order valence-electron chi connectivity index (χ4n) is 1.33. The number of alkyl halides is 3. The number of rotatable bonds is 2. The molecule has 1 aromatic carbocycles. The Morgan fingerprint density at radius 3 is 2.50 bits per heavy atom. The van der Waals surface area contributed by atoms with Crippen LogP contribution in [-0.2, 0) is 6.18 Å². The summed E-state index contributed by atoms with van der Waals surface area (Å²) in [7, 11) is 0. The zero-order valence-electron chi connectivity index (χ0n) is 8.91. The number of benzene rings is 1. The second kappa shape index (κ2) is 4.97. The van der Waals surface area contributed by atoms with E-state index in [2.05, 4.69) is 20.9 Å². The summed E-state index contributed by atoms with van der Waals surface area (Å²) in [6.07, 6.45) is -3.03. The average molecular weight is 318 g/mol. The molecule has 0 unspecified atom stereocenters. The van der Waals surface area contributed by atoms with Gasteiger partial charge in [-0.2, -0.15) is 13.2 Å². The zero-order chi connectivity index (χ0) is 13.2. The van der Waals surface area contributed by atoms with E-state index in [1.165, 1.54) is 24.4 Å². The molecule has 2 rings (SSSR count). The normalized spacial score (nSPS) is 11.3. The number of pyridine rings is 1. The molecule has 0 aliphatic carbocycles. The van der Waals surface area contributed by atoms with Crippen molar-refractivity contribution in [2.45, 2.75) is 6.18 Å². The molecule has 94 valence electrons. The molecule has 18 heavy (non-hydrogen) atoms. The zero-order valence-corrected chi connectivity index (χ0v) is 10.5. The van der Waals surface area contributed by atoms with E-state index < -0.39 is 11.7 Å². The summed E-state index contributed by atoms with van der Waals surface area (Å²) in [5.74, 6) is -0.158. The third kappa shape index (κ3) is 3.01. The molecule has 1 heterocycles. The van der Waals surface area contributed by atoms with Crippen LogP contribution < -0.4 is 4.74 Å². The van der Waals surface area contributed by atoms with Crippen molar-refractivity contribution in [3.8, 4) is 11.6 Å². The van der Waals surface area contributed by atoms with Crippen molar-refractivity contribution in [1.29, 1.82) is 0 Å². The second-order valence-corrected chi connectivity index (χ2v) is 4.32. The first-order chi connectivity index (χ1) is 8.47. The van der Waals surface area contributed by atoms with Crippen LogP contribution in [0.25, 0.3) is 0 Å². The summed E-state index contributed by atoms with van der Waals surface area (Å²) in [4.78, 5) is 3.82. The number of nitrogens with zero attached hydrogens (tertiary/aromatic N) is 1. The molecule has 0 amide bonds. The van der Waals surface area contributed by atoms with Crippen molar-refractivity contribution in [2.24, 2.45) is 0 Å². The predicted molar refractivity (Wildman–Crippen MR) is 63.5 cm³/mol. The van der Waals surface area contributed by atoms with E-state index in [4.69, 9.17) is 4.74 Å². The molecule has 0 fully saturated rings. The first-order valence-electron chi connectivity index (χ1n) is 4.92. The number of hydrogen-bond acceptors (Lipinski definition) is 2. The molecule has 2 nitrogen and oxygen atoms in total. The van der Waals surface area contributed by atoms with E-state index >= 15 is 0 Å². The Kier molecular flexibility index (Phi) is 3.56. The maximum Gasteiger partial charge on any atom is 0.420 e. The van der Waals surface area contributed by atoms with Crippen LogP contribution in [-0.4, -0.2) is 4.98 Å². The highest BCUT2D eigenvalue weighted by molar-refractivity contribution is 9.10. The van der Waals surface area contributed by atoms with E-state index in [-0.39, 0.29) is 11.6 Å².